The number of nitrogens with zero attached hydrogens (tertiary/aromatic N) is 4. The van der Waals surface area contributed by atoms with E-state index in [-0.39, 0.29) is 16.8 Å². The third kappa shape index (κ3) is 4.86. The van der Waals surface area contributed by atoms with Crippen molar-refractivity contribution in [2.75, 3.05) is 36.5 Å². The number of hydrogen-bond donors (Lipinski definition) is 1. The maximum absolute atomic E-state index is 13.0. The second-order valence-corrected chi connectivity index (χ2v) is 12.8. The molecule has 0 saturated carbocycles. The van der Waals surface area contributed by atoms with Gasteiger partial charge in [-0.05, 0) is 45.4 Å². The van der Waals surface area contributed by atoms with Crippen LogP contribution in [0.3, 0.4) is 0 Å². The van der Waals surface area contributed by atoms with Gasteiger partial charge in [-0.3, -0.25) is 4.79 Å². The molecule has 1 fully saturated rings. The molecule has 38 heavy (non-hydrogen) atoms. The Balaban J connectivity index is 1.39. The molecule has 0 aliphatic carbocycles. The molecule has 2 aliphatic heterocycles. The van der Waals surface area contributed by atoms with Crippen LogP contribution in [0.5, 0.6) is 0 Å². The molecule has 1 amide bonds. The Morgan fingerprint density at radius 3 is 2.68 bits per heavy atom. The Bertz CT molecular complexity index is 1510. The molecular formula is C28H31N5O3S2. The van der Waals surface area contributed by atoms with Crippen molar-refractivity contribution in [2.24, 2.45) is 0 Å². The van der Waals surface area contributed by atoms with Crippen LogP contribution in [0, 0.1) is 6.92 Å². The number of benzene rings is 1. The minimum atomic E-state index is -0.335. The minimum Gasteiger partial charge on any atom is -0.378 e. The van der Waals surface area contributed by atoms with Gasteiger partial charge in [0, 0.05) is 36.1 Å². The molecule has 8 nitrogen and oxygen atoms in total. The summed E-state index contributed by atoms with van der Waals surface area (Å²) in [6.45, 7) is 11.8. The summed E-state index contributed by atoms with van der Waals surface area (Å²) >= 11 is 3.07. The van der Waals surface area contributed by atoms with Gasteiger partial charge in [0.1, 0.15) is 22.0 Å². The molecular weight excluding hydrogens is 518 g/mol. The Morgan fingerprint density at radius 1 is 1.16 bits per heavy atom. The lowest BCUT2D eigenvalue weighted by Gasteiger charge is -2.36. The number of fused-ring (bicyclic) bond motifs is 5. The first-order valence-corrected chi connectivity index (χ1v) is 14.6. The summed E-state index contributed by atoms with van der Waals surface area (Å²) in [4.78, 5) is 30.7. The van der Waals surface area contributed by atoms with E-state index in [1.54, 1.807) is 17.7 Å². The molecule has 10 heteroatoms. The van der Waals surface area contributed by atoms with Crippen molar-refractivity contribution in [1.29, 1.82) is 0 Å². The van der Waals surface area contributed by atoms with Crippen molar-refractivity contribution < 1.29 is 14.3 Å². The summed E-state index contributed by atoms with van der Waals surface area (Å²) in [5.74, 6) is 0.932. The maximum Gasteiger partial charge on any atom is 0.237 e. The highest BCUT2D eigenvalue weighted by atomic mass is 32.2. The zero-order chi connectivity index (χ0) is 26.4. The van der Waals surface area contributed by atoms with Gasteiger partial charge < -0.3 is 19.7 Å². The number of aromatic nitrogens is 3. The van der Waals surface area contributed by atoms with Crippen LogP contribution in [0.4, 0.5) is 11.5 Å². The third-order valence-electron chi connectivity index (χ3n) is 7.06. The van der Waals surface area contributed by atoms with E-state index in [0.717, 1.165) is 67.6 Å². The quantitative estimate of drug-likeness (QED) is 0.263. The van der Waals surface area contributed by atoms with Gasteiger partial charge >= 0.3 is 0 Å². The van der Waals surface area contributed by atoms with Gasteiger partial charge in [-0.15, -0.1) is 11.3 Å². The molecule has 1 aromatic carbocycles. The predicted octanol–water partition coefficient (Wildman–Crippen LogP) is 5.36. The van der Waals surface area contributed by atoms with Gasteiger partial charge in [-0.25, -0.2) is 15.0 Å². The molecule has 2 aliphatic rings. The van der Waals surface area contributed by atoms with Crippen LogP contribution in [0.2, 0.25) is 0 Å². The average molecular weight is 550 g/mol. The van der Waals surface area contributed by atoms with Crippen molar-refractivity contribution in [3.05, 3.63) is 47.3 Å². The van der Waals surface area contributed by atoms with E-state index < -0.39 is 0 Å². The highest BCUT2D eigenvalue weighted by Gasteiger charge is 2.33. The molecule has 198 valence electrons. The fourth-order valence-corrected chi connectivity index (χ4v) is 7.11. The van der Waals surface area contributed by atoms with E-state index in [9.17, 15) is 4.79 Å². The zero-order valence-corrected chi connectivity index (χ0v) is 23.7. The van der Waals surface area contributed by atoms with E-state index in [0.29, 0.717) is 19.8 Å². The maximum atomic E-state index is 13.0. The van der Waals surface area contributed by atoms with Crippen LogP contribution in [0.1, 0.15) is 37.5 Å². The lowest BCUT2D eigenvalue weighted by molar-refractivity contribution is -0.115. The molecule has 4 aromatic rings. The number of ether oxygens (including phenoxy) is 2. The van der Waals surface area contributed by atoms with Crippen molar-refractivity contribution >= 4 is 60.9 Å². The van der Waals surface area contributed by atoms with Crippen LogP contribution < -0.4 is 10.2 Å². The Labute approximate surface area is 230 Å². The van der Waals surface area contributed by atoms with E-state index in [1.807, 2.05) is 38.1 Å². The molecule has 3 aromatic heterocycles. The Hall–Kier alpha value is -2.79. The summed E-state index contributed by atoms with van der Waals surface area (Å²) in [6.07, 6.45) is 2.39. The highest BCUT2D eigenvalue weighted by molar-refractivity contribution is 8.00. The minimum absolute atomic E-state index is 0.0595. The number of carbonyl (C=O) groups is 1. The van der Waals surface area contributed by atoms with Crippen molar-refractivity contribution in [2.45, 2.75) is 56.6 Å². The fraction of sp³-hybridized carbons (Fsp3) is 0.429. The molecule has 0 bridgehead atoms. The van der Waals surface area contributed by atoms with Gasteiger partial charge in [0.2, 0.25) is 5.91 Å². The highest BCUT2D eigenvalue weighted by Crippen LogP contribution is 2.45. The fourth-order valence-electron chi connectivity index (χ4n) is 4.99. The lowest BCUT2D eigenvalue weighted by Crippen LogP contribution is -2.39. The number of morpholine rings is 1. The molecule has 0 spiro atoms. The first kappa shape index (κ1) is 25.5. The zero-order valence-electron chi connectivity index (χ0n) is 22.0. The van der Waals surface area contributed by atoms with Crippen LogP contribution in [0.15, 0.2) is 35.6 Å². The Morgan fingerprint density at radius 2 is 1.92 bits per heavy atom. The predicted molar refractivity (Wildman–Crippen MR) is 153 cm³/mol. The number of pyridine rings is 1. The SMILES string of the molecule is Cc1ccc(NC(=O)[C@@H](C)Sc2ncnc3c2sc2nc(N4CCOCC4)c4c(c23)CC(C)(C)OC4)cc1. The van der Waals surface area contributed by atoms with Crippen LogP contribution in [-0.4, -0.2) is 58.0 Å². The molecule has 1 N–H and O–H groups in total. The number of carbonyl (C=O) groups excluding carboxylic acids is 1. The second kappa shape index (κ2) is 10.1. The molecule has 1 saturated heterocycles. The van der Waals surface area contributed by atoms with E-state index in [2.05, 4.69) is 29.0 Å². The van der Waals surface area contributed by atoms with Gasteiger partial charge in [-0.2, -0.15) is 0 Å². The molecule has 0 radical (unpaired) electrons. The number of aryl methyl sites for hydroxylation is 1. The number of thioether (sulfide) groups is 1. The van der Waals surface area contributed by atoms with E-state index in [1.165, 1.54) is 17.3 Å². The van der Waals surface area contributed by atoms with Gasteiger partial charge in [-0.1, -0.05) is 29.5 Å². The van der Waals surface area contributed by atoms with Crippen LogP contribution >= 0.6 is 23.1 Å². The van der Waals surface area contributed by atoms with Crippen molar-refractivity contribution in [3.63, 3.8) is 0 Å². The van der Waals surface area contributed by atoms with Gasteiger partial charge in [0.05, 0.1) is 40.9 Å². The van der Waals surface area contributed by atoms with Gasteiger partial charge in [0.25, 0.3) is 0 Å². The normalized spacial score (nSPS) is 17.9. The van der Waals surface area contributed by atoms with Crippen LogP contribution in [-0.2, 0) is 27.3 Å². The van der Waals surface area contributed by atoms with E-state index in [4.69, 9.17) is 19.4 Å². The number of nitrogens with one attached hydrogen (secondary N) is 1. The number of thiophene rings is 1. The average Bonchev–Trinajstić information content (AvgIpc) is 3.29. The molecule has 6 rings (SSSR count). The van der Waals surface area contributed by atoms with Crippen molar-refractivity contribution in [1.82, 2.24) is 15.0 Å². The number of amides is 1. The topological polar surface area (TPSA) is 89.5 Å². The second-order valence-electron chi connectivity index (χ2n) is 10.5. The number of anilines is 2. The smallest absolute Gasteiger partial charge is 0.237 e. The van der Waals surface area contributed by atoms with Gasteiger partial charge in [0.15, 0.2) is 0 Å². The summed E-state index contributed by atoms with van der Waals surface area (Å²) in [6, 6.07) is 7.82. The number of rotatable bonds is 5. The molecule has 5 heterocycles. The van der Waals surface area contributed by atoms with Crippen molar-refractivity contribution in [3.8, 4) is 0 Å². The lowest BCUT2D eigenvalue weighted by atomic mass is 9.90. The summed E-state index contributed by atoms with van der Waals surface area (Å²) in [5, 5.41) is 4.58. The Kier molecular flexibility index (Phi) is 6.75. The summed E-state index contributed by atoms with van der Waals surface area (Å²) in [5.41, 5.74) is 4.99. The monoisotopic (exact) mass is 549 g/mol. The first-order chi connectivity index (χ1) is 18.3. The summed E-state index contributed by atoms with van der Waals surface area (Å²) < 4.78 is 12.8. The standard InChI is InChI=1S/C28H31N5O3S2/c1-16-5-7-18(8-6-16)31-25(34)17(2)37-27-23-22(29-15-30-27)21-19-13-28(3,4)36-14-20(19)24(32-26(21)38-23)33-9-11-35-12-10-33/h5-8,15,17H,9-14H2,1-4H3,(H,31,34)/t17-/m1/s1. The van der Waals surface area contributed by atoms with E-state index >= 15 is 0 Å². The van der Waals surface area contributed by atoms with Crippen LogP contribution in [0.25, 0.3) is 20.4 Å². The largest absolute Gasteiger partial charge is 0.378 e. The molecule has 0 unspecified atom stereocenters. The third-order valence-corrected chi connectivity index (χ3v) is 9.37. The summed E-state index contributed by atoms with van der Waals surface area (Å²) in [7, 11) is 0. The first-order valence-electron chi connectivity index (χ1n) is 12.9. The number of hydrogen-bond acceptors (Lipinski definition) is 9. The molecule has 1 atom stereocenters.